The van der Waals surface area contributed by atoms with Gasteiger partial charge in [-0.05, 0) is 43.5 Å². The third-order valence-electron chi connectivity index (χ3n) is 4.30. The predicted molar refractivity (Wildman–Crippen MR) is 104 cm³/mol. The molecule has 6 heteroatoms. The Labute approximate surface area is 157 Å². The summed E-state index contributed by atoms with van der Waals surface area (Å²) < 4.78 is 0. The van der Waals surface area contributed by atoms with Crippen molar-refractivity contribution in [3.8, 4) is 0 Å². The maximum Gasteiger partial charge on any atom is 0.244 e. The van der Waals surface area contributed by atoms with Crippen molar-refractivity contribution < 1.29 is 4.79 Å². The number of carbonyl (C=O) groups excluding carboxylic acids is 1. The number of aryl methyl sites for hydroxylation is 1. The van der Waals surface area contributed by atoms with Gasteiger partial charge in [0.1, 0.15) is 0 Å². The Morgan fingerprint density at radius 1 is 1.36 bits per heavy atom. The highest BCUT2D eigenvalue weighted by molar-refractivity contribution is 7.09. The van der Waals surface area contributed by atoms with Crippen LogP contribution in [-0.4, -0.2) is 34.9 Å². The summed E-state index contributed by atoms with van der Waals surface area (Å²) in [7, 11) is 0. The fourth-order valence-corrected chi connectivity index (χ4v) is 3.66. The summed E-state index contributed by atoms with van der Waals surface area (Å²) in [6.07, 6.45) is 5.30. The number of rotatable bonds is 5. The smallest absolute Gasteiger partial charge is 0.244 e. The van der Waals surface area contributed by atoms with Crippen LogP contribution in [0.1, 0.15) is 29.1 Å². The van der Waals surface area contributed by atoms with Crippen LogP contribution in [0.5, 0.6) is 0 Å². The van der Waals surface area contributed by atoms with Gasteiger partial charge in [-0.15, -0.1) is 11.3 Å². The first-order chi connectivity index (χ1) is 12.1. The van der Waals surface area contributed by atoms with E-state index in [1.54, 1.807) is 23.5 Å². The molecule has 0 spiro atoms. The summed E-state index contributed by atoms with van der Waals surface area (Å²) in [6, 6.07) is 8.25. The molecule has 2 heterocycles. The molecule has 2 aromatic rings. The molecule has 0 bridgehead atoms. The largest absolute Gasteiger partial charge is 0.350 e. The Kier molecular flexibility index (Phi) is 6.24. The fraction of sp³-hybridized carbons (Fsp3) is 0.368. The number of likely N-dealkylation sites (tertiary alicyclic amines) is 1. The Bertz CT molecular complexity index is 733. The zero-order chi connectivity index (χ0) is 17.6. The Hall–Kier alpha value is -1.69. The van der Waals surface area contributed by atoms with Crippen molar-refractivity contribution in [2.45, 2.75) is 32.4 Å². The van der Waals surface area contributed by atoms with E-state index in [2.05, 4.69) is 27.3 Å². The first-order valence-electron chi connectivity index (χ1n) is 8.46. The lowest BCUT2D eigenvalue weighted by molar-refractivity contribution is -0.117. The number of halogens is 1. The van der Waals surface area contributed by atoms with Gasteiger partial charge < -0.3 is 5.32 Å². The van der Waals surface area contributed by atoms with Gasteiger partial charge in [0.2, 0.25) is 5.91 Å². The van der Waals surface area contributed by atoms with Gasteiger partial charge >= 0.3 is 0 Å². The van der Waals surface area contributed by atoms with E-state index in [-0.39, 0.29) is 11.9 Å². The number of nitrogens with one attached hydrogen (secondary N) is 1. The fourth-order valence-electron chi connectivity index (χ4n) is 2.95. The number of hydrogen-bond donors (Lipinski definition) is 1. The molecular weight excluding hydrogens is 354 g/mol. The molecule has 1 aliphatic heterocycles. The van der Waals surface area contributed by atoms with Crippen molar-refractivity contribution in [3.05, 3.63) is 57.0 Å². The van der Waals surface area contributed by atoms with Crippen molar-refractivity contribution in [1.29, 1.82) is 0 Å². The van der Waals surface area contributed by atoms with Crippen molar-refractivity contribution >= 4 is 34.9 Å². The summed E-state index contributed by atoms with van der Waals surface area (Å²) in [4.78, 5) is 18.8. The highest BCUT2D eigenvalue weighted by Crippen LogP contribution is 2.16. The Morgan fingerprint density at radius 2 is 2.08 bits per heavy atom. The SMILES string of the molecule is Cc1nc(/C=C/C(=O)NC2CCN(Cc3ccc(Cl)cc3)CC2)cs1. The van der Waals surface area contributed by atoms with E-state index in [0.717, 1.165) is 48.2 Å². The summed E-state index contributed by atoms with van der Waals surface area (Å²) in [5.74, 6) is -0.0400. The maximum absolute atomic E-state index is 12.0. The van der Waals surface area contributed by atoms with Crippen LogP contribution >= 0.6 is 22.9 Å². The third kappa shape index (κ3) is 5.66. The number of nitrogens with zero attached hydrogens (tertiary/aromatic N) is 2. The average Bonchev–Trinajstić information content (AvgIpc) is 3.02. The maximum atomic E-state index is 12.0. The second kappa shape index (κ2) is 8.61. The number of benzene rings is 1. The van der Waals surface area contributed by atoms with Crippen molar-refractivity contribution in [1.82, 2.24) is 15.2 Å². The molecule has 132 valence electrons. The first-order valence-corrected chi connectivity index (χ1v) is 9.72. The van der Waals surface area contributed by atoms with Gasteiger partial charge in [0, 0.05) is 42.2 Å². The molecule has 25 heavy (non-hydrogen) atoms. The molecule has 1 aromatic carbocycles. The zero-order valence-electron chi connectivity index (χ0n) is 14.2. The summed E-state index contributed by atoms with van der Waals surface area (Å²) in [5, 5.41) is 6.82. The lowest BCUT2D eigenvalue weighted by Crippen LogP contribution is -2.43. The zero-order valence-corrected chi connectivity index (χ0v) is 15.8. The highest BCUT2D eigenvalue weighted by atomic mass is 35.5. The Morgan fingerprint density at radius 3 is 2.72 bits per heavy atom. The summed E-state index contributed by atoms with van der Waals surface area (Å²) in [5.41, 5.74) is 2.11. The van der Waals surface area contributed by atoms with Gasteiger partial charge in [0.25, 0.3) is 0 Å². The molecular formula is C19H22ClN3OS. The molecule has 3 rings (SSSR count). The monoisotopic (exact) mass is 375 g/mol. The van der Waals surface area contributed by atoms with Crippen LogP contribution in [0.2, 0.25) is 5.02 Å². The molecule has 0 saturated carbocycles. The van der Waals surface area contributed by atoms with E-state index in [1.807, 2.05) is 24.4 Å². The summed E-state index contributed by atoms with van der Waals surface area (Å²) >= 11 is 7.51. The number of thiazole rings is 1. The second-order valence-corrected chi connectivity index (χ2v) is 7.81. The van der Waals surface area contributed by atoms with Gasteiger partial charge in [0.05, 0.1) is 10.7 Å². The van der Waals surface area contributed by atoms with E-state index in [4.69, 9.17) is 11.6 Å². The van der Waals surface area contributed by atoms with E-state index < -0.39 is 0 Å². The molecule has 1 saturated heterocycles. The topological polar surface area (TPSA) is 45.2 Å². The van der Waals surface area contributed by atoms with Gasteiger partial charge in [0.15, 0.2) is 0 Å². The minimum atomic E-state index is -0.0400. The van der Waals surface area contributed by atoms with Crippen molar-refractivity contribution in [3.63, 3.8) is 0 Å². The minimum absolute atomic E-state index is 0.0400. The highest BCUT2D eigenvalue weighted by Gasteiger charge is 2.20. The van der Waals surface area contributed by atoms with Crippen LogP contribution in [0.25, 0.3) is 6.08 Å². The molecule has 0 unspecified atom stereocenters. The van der Waals surface area contributed by atoms with Crippen LogP contribution in [0.4, 0.5) is 0 Å². The van der Waals surface area contributed by atoms with E-state index >= 15 is 0 Å². The van der Waals surface area contributed by atoms with Gasteiger partial charge in [-0.1, -0.05) is 23.7 Å². The molecule has 0 aliphatic carbocycles. The number of aromatic nitrogens is 1. The van der Waals surface area contributed by atoms with Crippen LogP contribution in [0.15, 0.2) is 35.7 Å². The van der Waals surface area contributed by atoms with Crippen LogP contribution < -0.4 is 5.32 Å². The molecule has 4 nitrogen and oxygen atoms in total. The first kappa shape index (κ1) is 18.1. The summed E-state index contributed by atoms with van der Waals surface area (Å²) in [6.45, 7) is 4.87. The quantitative estimate of drug-likeness (QED) is 0.806. The molecule has 1 aromatic heterocycles. The normalized spacial score (nSPS) is 16.4. The third-order valence-corrected chi connectivity index (χ3v) is 5.34. The molecule has 0 atom stereocenters. The lowest BCUT2D eigenvalue weighted by atomic mass is 10.0. The van der Waals surface area contributed by atoms with Crippen LogP contribution in [-0.2, 0) is 11.3 Å². The Balaban J connectivity index is 1.42. The number of hydrogen-bond acceptors (Lipinski definition) is 4. The van der Waals surface area contributed by atoms with E-state index in [1.165, 1.54) is 5.56 Å². The van der Waals surface area contributed by atoms with Crippen LogP contribution in [0.3, 0.4) is 0 Å². The van der Waals surface area contributed by atoms with Crippen LogP contribution in [0, 0.1) is 6.92 Å². The molecule has 1 amide bonds. The number of piperidine rings is 1. The lowest BCUT2D eigenvalue weighted by Gasteiger charge is -2.32. The predicted octanol–water partition coefficient (Wildman–Crippen LogP) is 3.90. The molecule has 1 N–H and O–H groups in total. The molecule has 1 aliphatic rings. The molecule has 0 radical (unpaired) electrons. The van der Waals surface area contributed by atoms with Crippen molar-refractivity contribution in [2.24, 2.45) is 0 Å². The van der Waals surface area contributed by atoms with E-state index in [0.29, 0.717) is 0 Å². The van der Waals surface area contributed by atoms with Gasteiger partial charge in [-0.25, -0.2) is 4.98 Å². The minimum Gasteiger partial charge on any atom is -0.350 e. The van der Waals surface area contributed by atoms with E-state index in [9.17, 15) is 4.79 Å². The number of amides is 1. The average molecular weight is 376 g/mol. The van der Waals surface area contributed by atoms with Gasteiger partial charge in [-0.2, -0.15) is 0 Å². The van der Waals surface area contributed by atoms with Gasteiger partial charge in [-0.3, -0.25) is 9.69 Å². The standard InChI is InChI=1S/C19H22ClN3OS/c1-14-21-18(13-25-14)6-7-19(24)22-17-8-10-23(11-9-17)12-15-2-4-16(20)5-3-15/h2-7,13,17H,8-12H2,1H3,(H,22,24)/b7-6+. The number of carbonyl (C=O) groups is 1. The van der Waals surface area contributed by atoms with Crippen molar-refractivity contribution in [2.75, 3.05) is 13.1 Å². The second-order valence-electron chi connectivity index (χ2n) is 6.31. The molecule has 1 fully saturated rings.